The second kappa shape index (κ2) is 6.04. The fourth-order valence-corrected chi connectivity index (χ4v) is 2.95. The number of ether oxygens (including phenoxy) is 2. The van der Waals surface area contributed by atoms with E-state index in [0.717, 1.165) is 24.6 Å². The van der Waals surface area contributed by atoms with Gasteiger partial charge in [-0.05, 0) is 36.9 Å². The lowest BCUT2D eigenvalue weighted by Crippen LogP contribution is -2.29. The second-order valence-electron chi connectivity index (χ2n) is 6.59. The third-order valence-corrected chi connectivity index (χ3v) is 4.08. The molecule has 0 radical (unpaired) electrons. The SMILES string of the molecule is COc1cc(C2CCCNC2)c(OC)c(C(C)(C)C)c1. The summed E-state index contributed by atoms with van der Waals surface area (Å²) in [4.78, 5) is 0. The molecule has 0 aromatic heterocycles. The van der Waals surface area contributed by atoms with E-state index in [1.807, 2.05) is 0 Å². The normalized spacial score (nSPS) is 19.8. The van der Waals surface area contributed by atoms with E-state index in [2.05, 4.69) is 38.2 Å². The van der Waals surface area contributed by atoms with Crippen molar-refractivity contribution in [3.63, 3.8) is 0 Å². The lowest BCUT2D eigenvalue weighted by Gasteiger charge is -2.29. The minimum absolute atomic E-state index is 0.0384. The van der Waals surface area contributed by atoms with Crippen molar-refractivity contribution < 1.29 is 9.47 Å². The van der Waals surface area contributed by atoms with Crippen LogP contribution in [-0.2, 0) is 5.41 Å². The van der Waals surface area contributed by atoms with E-state index in [1.165, 1.54) is 24.0 Å². The summed E-state index contributed by atoms with van der Waals surface area (Å²) in [5, 5.41) is 3.48. The van der Waals surface area contributed by atoms with Crippen LogP contribution in [0.25, 0.3) is 0 Å². The number of benzene rings is 1. The summed E-state index contributed by atoms with van der Waals surface area (Å²) >= 11 is 0. The van der Waals surface area contributed by atoms with E-state index in [9.17, 15) is 0 Å². The van der Waals surface area contributed by atoms with E-state index < -0.39 is 0 Å². The molecule has 1 aliphatic rings. The Labute approximate surface area is 122 Å². The van der Waals surface area contributed by atoms with Crippen molar-refractivity contribution in [3.05, 3.63) is 23.3 Å². The van der Waals surface area contributed by atoms with E-state index in [0.29, 0.717) is 5.92 Å². The van der Waals surface area contributed by atoms with E-state index in [4.69, 9.17) is 9.47 Å². The van der Waals surface area contributed by atoms with Crippen LogP contribution in [0.3, 0.4) is 0 Å². The predicted octanol–water partition coefficient (Wildman–Crippen LogP) is 3.47. The molecule has 1 heterocycles. The van der Waals surface area contributed by atoms with Gasteiger partial charge in [-0.15, -0.1) is 0 Å². The Kier molecular flexibility index (Phi) is 4.59. The van der Waals surface area contributed by atoms with E-state index >= 15 is 0 Å². The molecule has 2 rings (SSSR count). The van der Waals surface area contributed by atoms with Gasteiger partial charge in [0.2, 0.25) is 0 Å². The van der Waals surface area contributed by atoms with Gasteiger partial charge in [-0.2, -0.15) is 0 Å². The molecule has 1 aromatic rings. The summed E-state index contributed by atoms with van der Waals surface area (Å²) in [6.45, 7) is 8.79. The molecule has 1 N–H and O–H groups in total. The molecule has 0 saturated carbocycles. The lowest BCUT2D eigenvalue weighted by molar-refractivity contribution is 0.370. The average Bonchev–Trinajstić information content (AvgIpc) is 2.45. The van der Waals surface area contributed by atoms with Crippen LogP contribution < -0.4 is 14.8 Å². The van der Waals surface area contributed by atoms with Crippen molar-refractivity contribution in [1.82, 2.24) is 5.32 Å². The third kappa shape index (κ3) is 3.09. The van der Waals surface area contributed by atoms with Crippen LogP contribution in [0.2, 0.25) is 0 Å². The number of methoxy groups -OCH3 is 2. The van der Waals surface area contributed by atoms with Crippen molar-refractivity contribution in [1.29, 1.82) is 0 Å². The van der Waals surface area contributed by atoms with Crippen molar-refractivity contribution in [2.24, 2.45) is 0 Å². The van der Waals surface area contributed by atoms with E-state index in [1.54, 1.807) is 14.2 Å². The first-order valence-corrected chi connectivity index (χ1v) is 7.44. The highest BCUT2D eigenvalue weighted by Gasteiger charge is 2.27. The fourth-order valence-electron chi connectivity index (χ4n) is 2.95. The van der Waals surface area contributed by atoms with E-state index in [-0.39, 0.29) is 5.41 Å². The zero-order valence-corrected chi connectivity index (χ0v) is 13.4. The van der Waals surface area contributed by atoms with Gasteiger partial charge in [0.15, 0.2) is 0 Å². The Bertz CT molecular complexity index is 457. The minimum atomic E-state index is 0.0384. The average molecular weight is 277 g/mol. The minimum Gasteiger partial charge on any atom is -0.497 e. The van der Waals surface area contributed by atoms with Gasteiger partial charge < -0.3 is 14.8 Å². The van der Waals surface area contributed by atoms with Crippen LogP contribution in [0.5, 0.6) is 11.5 Å². The third-order valence-electron chi connectivity index (χ3n) is 4.08. The molecule has 1 aliphatic heterocycles. The van der Waals surface area contributed by atoms with Gasteiger partial charge >= 0.3 is 0 Å². The maximum Gasteiger partial charge on any atom is 0.126 e. The smallest absolute Gasteiger partial charge is 0.126 e. The Morgan fingerprint density at radius 2 is 1.90 bits per heavy atom. The number of piperidine rings is 1. The summed E-state index contributed by atoms with van der Waals surface area (Å²) in [7, 11) is 3.51. The quantitative estimate of drug-likeness (QED) is 0.917. The van der Waals surface area contributed by atoms with Crippen LogP contribution in [0.1, 0.15) is 50.7 Å². The molecule has 0 spiro atoms. The number of hydrogen-bond donors (Lipinski definition) is 1. The van der Waals surface area contributed by atoms with Crippen molar-refractivity contribution in [2.45, 2.75) is 44.9 Å². The summed E-state index contributed by atoms with van der Waals surface area (Å²) in [6, 6.07) is 4.25. The van der Waals surface area contributed by atoms with Crippen LogP contribution in [0.15, 0.2) is 12.1 Å². The molecular formula is C17H27NO2. The summed E-state index contributed by atoms with van der Waals surface area (Å²) in [5.74, 6) is 2.47. The van der Waals surface area contributed by atoms with Crippen molar-refractivity contribution >= 4 is 0 Å². The molecular weight excluding hydrogens is 250 g/mol. The number of nitrogens with one attached hydrogen (secondary N) is 1. The second-order valence-corrected chi connectivity index (χ2v) is 6.59. The highest BCUT2D eigenvalue weighted by atomic mass is 16.5. The maximum absolute atomic E-state index is 5.77. The van der Waals surface area contributed by atoms with Gasteiger partial charge in [-0.1, -0.05) is 20.8 Å². The molecule has 1 fully saturated rings. The van der Waals surface area contributed by atoms with Crippen molar-refractivity contribution in [2.75, 3.05) is 27.3 Å². The lowest BCUT2D eigenvalue weighted by atomic mass is 9.81. The zero-order chi connectivity index (χ0) is 14.8. The Hall–Kier alpha value is -1.22. The zero-order valence-electron chi connectivity index (χ0n) is 13.4. The Balaban J connectivity index is 2.53. The fraction of sp³-hybridized carbons (Fsp3) is 0.647. The van der Waals surface area contributed by atoms with Crippen LogP contribution >= 0.6 is 0 Å². The predicted molar refractivity (Wildman–Crippen MR) is 83.1 cm³/mol. The topological polar surface area (TPSA) is 30.5 Å². The molecule has 1 aromatic carbocycles. The molecule has 3 heteroatoms. The van der Waals surface area contributed by atoms with Gasteiger partial charge in [0, 0.05) is 23.6 Å². The highest BCUT2D eigenvalue weighted by Crippen LogP contribution is 2.41. The monoisotopic (exact) mass is 277 g/mol. The standard InChI is InChI=1S/C17H27NO2/c1-17(2,3)15-10-13(19-4)9-14(16(15)20-5)12-7-6-8-18-11-12/h9-10,12,18H,6-8,11H2,1-5H3. The summed E-state index contributed by atoms with van der Waals surface area (Å²) in [5.41, 5.74) is 2.54. The molecule has 1 unspecified atom stereocenters. The number of rotatable bonds is 3. The molecule has 1 saturated heterocycles. The van der Waals surface area contributed by atoms with Crippen LogP contribution in [0.4, 0.5) is 0 Å². The molecule has 1 atom stereocenters. The Morgan fingerprint density at radius 3 is 2.40 bits per heavy atom. The van der Waals surface area contributed by atoms with Crippen molar-refractivity contribution in [3.8, 4) is 11.5 Å². The summed E-state index contributed by atoms with van der Waals surface area (Å²) in [6.07, 6.45) is 2.43. The molecule has 0 aliphatic carbocycles. The number of hydrogen-bond acceptors (Lipinski definition) is 3. The van der Waals surface area contributed by atoms with Gasteiger partial charge in [-0.3, -0.25) is 0 Å². The molecule has 3 nitrogen and oxygen atoms in total. The molecule has 0 amide bonds. The van der Waals surface area contributed by atoms with Gasteiger partial charge in [-0.25, -0.2) is 0 Å². The Morgan fingerprint density at radius 1 is 1.15 bits per heavy atom. The molecule has 20 heavy (non-hydrogen) atoms. The van der Waals surface area contributed by atoms with Crippen LogP contribution in [0, 0.1) is 0 Å². The van der Waals surface area contributed by atoms with Crippen LogP contribution in [-0.4, -0.2) is 27.3 Å². The largest absolute Gasteiger partial charge is 0.497 e. The van der Waals surface area contributed by atoms with Gasteiger partial charge in [0.05, 0.1) is 14.2 Å². The molecule has 0 bridgehead atoms. The first kappa shape index (κ1) is 15.2. The molecule has 112 valence electrons. The first-order chi connectivity index (χ1) is 9.47. The highest BCUT2D eigenvalue weighted by molar-refractivity contribution is 5.52. The van der Waals surface area contributed by atoms with Gasteiger partial charge in [0.25, 0.3) is 0 Å². The first-order valence-electron chi connectivity index (χ1n) is 7.44. The maximum atomic E-state index is 5.77. The summed E-state index contributed by atoms with van der Waals surface area (Å²) < 4.78 is 11.3. The van der Waals surface area contributed by atoms with Gasteiger partial charge in [0.1, 0.15) is 11.5 Å².